The summed E-state index contributed by atoms with van der Waals surface area (Å²) in [5.74, 6) is 0.614. The van der Waals surface area contributed by atoms with Crippen LogP contribution in [0.5, 0.6) is 0 Å². The molecule has 2 aromatic carbocycles. The van der Waals surface area contributed by atoms with E-state index in [9.17, 15) is 4.79 Å². The number of rotatable bonds is 8. The molecule has 1 amide bonds. The molecule has 0 aliphatic rings. The van der Waals surface area contributed by atoms with Crippen molar-refractivity contribution in [2.75, 3.05) is 26.4 Å². The largest absolute Gasteiger partial charge is 0.411 e. The Bertz CT molecular complexity index is 853. The van der Waals surface area contributed by atoms with Crippen LogP contribution in [0.3, 0.4) is 0 Å². The molecule has 1 atom stereocenters. The molecule has 0 saturated heterocycles. The Kier molecular flexibility index (Phi) is 6.62. The van der Waals surface area contributed by atoms with Crippen molar-refractivity contribution in [2.45, 2.75) is 11.3 Å². The number of carbonyl (C=O) groups is 1. The minimum atomic E-state index is -0.0674. The maximum Gasteiger partial charge on any atom is 0.277 e. The first-order valence-corrected chi connectivity index (χ1v) is 9.62. The van der Waals surface area contributed by atoms with Gasteiger partial charge in [-0.1, -0.05) is 60.3 Å². The maximum absolute atomic E-state index is 12.2. The fraction of sp³-hybridized carbons (Fsp3) is 0.250. The van der Waals surface area contributed by atoms with Crippen LogP contribution in [0.15, 0.2) is 70.3 Å². The van der Waals surface area contributed by atoms with Crippen molar-refractivity contribution in [3.05, 3.63) is 66.2 Å². The van der Waals surface area contributed by atoms with Gasteiger partial charge in [0.15, 0.2) is 0 Å². The van der Waals surface area contributed by atoms with Crippen molar-refractivity contribution in [3.8, 4) is 11.5 Å². The van der Waals surface area contributed by atoms with E-state index in [-0.39, 0.29) is 17.7 Å². The molecule has 0 aliphatic heterocycles. The molecule has 0 radical (unpaired) electrons. The normalized spacial score (nSPS) is 12.1. The lowest BCUT2D eigenvalue weighted by atomic mass is 10.1. The summed E-state index contributed by atoms with van der Waals surface area (Å²) in [4.78, 5) is 14.3. The van der Waals surface area contributed by atoms with E-state index < -0.39 is 0 Å². The zero-order valence-electron chi connectivity index (χ0n) is 15.3. The summed E-state index contributed by atoms with van der Waals surface area (Å²) in [5, 5.41) is 11.4. The van der Waals surface area contributed by atoms with E-state index >= 15 is 0 Å². The molecule has 0 spiro atoms. The van der Waals surface area contributed by atoms with Crippen molar-refractivity contribution in [1.29, 1.82) is 0 Å². The van der Waals surface area contributed by atoms with Gasteiger partial charge in [-0.15, -0.1) is 10.2 Å². The average molecular weight is 382 g/mol. The van der Waals surface area contributed by atoms with Gasteiger partial charge in [-0.3, -0.25) is 4.79 Å². The van der Waals surface area contributed by atoms with E-state index in [1.807, 2.05) is 62.6 Å². The van der Waals surface area contributed by atoms with Crippen molar-refractivity contribution < 1.29 is 9.21 Å². The molecule has 1 heterocycles. The standard InChI is InChI=1S/C20H22N4O2S/c1-24(2)17(15-9-5-3-6-10-15)13-21-18(25)14-27-20-23-22-19(26-20)16-11-7-4-8-12-16/h3-12,17H,13-14H2,1-2H3,(H,21,25)/t17-/m1/s1. The van der Waals surface area contributed by atoms with Gasteiger partial charge in [0.2, 0.25) is 11.8 Å². The molecule has 0 fully saturated rings. The lowest BCUT2D eigenvalue weighted by Crippen LogP contribution is -2.35. The molecule has 1 N–H and O–H groups in total. The van der Waals surface area contributed by atoms with Crippen molar-refractivity contribution >= 4 is 17.7 Å². The summed E-state index contributed by atoms with van der Waals surface area (Å²) in [6, 6.07) is 19.8. The lowest BCUT2D eigenvalue weighted by molar-refractivity contribution is -0.118. The first-order valence-electron chi connectivity index (χ1n) is 8.63. The van der Waals surface area contributed by atoms with E-state index in [4.69, 9.17) is 4.42 Å². The predicted octanol–water partition coefficient (Wildman–Crippen LogP) is 3.25. The summed E-state index contributed by atoms with van der Waals surface area (Å²) in [6.07, 6.45) is 0. The molecule has 7 heteroatoms. The zero-order valence-corrected chi connectivity index (χ0v) is 16.1. The van der Waals surface area contributed by atoms with Crippen LogP contribution in [0.2, 0.25) is 0 Å². The number of nitrogens with one attached hydrogen (secondary N) is 1. The van der Waals surface area contributed by atoms with Crippen LogP contribution in [-0.2, 0) is 4.79 Å². The number of likely N-dealkylation sites (N-methyl/N-ethyl adjacent to an activating group) is 1. The van der Waals surface area contributed by atoms with Gasteiger partial charge in [0.25, 0.3) is 5.22 Å². The van der Waals surface area contributed by atoms with Crippen LogP contribution >= 0.6 is 11.8 Å². The number of hydrogen-bond donors (Lipinski definition) is 1. The Morgan fingerprint density at radius 2 is 1.74 bits per heavy atom. The number of carbonyl (C=O) groups excluding carboxylic acids is 1. The van der Waals surface area contributed by atoms with Gasteiger partial charge in [-0.2, -0.15) is 0 Å². The third kappa shape index (κ3) is 5.42. The Morgan fingerprint density at radius 1 is 1.07 bits per heavy atom. The molecule has 1 aromatic heterocycles. The van der Waals surface area contributed by atoms with Gasteiger partial charge >= 0.3 is 0 Å². The van der Waals surface area contributed by atoms with Gasteiger partial charge in [0.1, 0.15) is 0 Å². The highest BCUT2D eigenvalue weighted by molar-refractivity contribution is 7.99. The van der Waals surface area contributed by atoms with Gasteiger partial charge in [-0.25, -0.2) is 0 Å². The van der Waals surface area contributed by atoms with Gasteiger partial charge in [0.05, 0.1) is 11.8 Å². The number of thioether (sulfide) groups is 1. The highest BCUT2D eigenvalue weighted by Gasteiger charge is 2.16. The fourth-order valence-corrected chi connectivity index (χ4v) is 3.22. The van der Waals surface area contributed by atoms with Crippen LogP contribution in [-0.4, -0.2) is 47.4 Å². The molecule has 0 bridgehead atoms. The molecule has 140 valence electrons. The monoisotopic (exact) mass is 382 g/mol. The minimum absolute atomic E-state index is 0.0674. The molecule has 0 saturated carbocycles. The number of amides is 1. The highest BCUT2D eigenvalue weighted by Crippen LogP contribution is 2.23. The topological polar surface area (TPSA) is 71.3 Å². The number of benzene rings is 2. The summed E-state index contributed by atoms with van der Waals surface area (Å²) in [5.41, 5.74) is 2.03. The van der Waals surface area contributed by atoms with E-state index in [1.165, 1.54) is 17.3 Å². The fourth-order valence-electron chi connectivity index (χ4n) is 2.63. The second-order valence-corrected chi connectivity index (χ2v) is 7.15. The maximum atomic E-state index is 12.2. The van der Waals surface area contributed by atoms with Crippen LogP contribution < -0.4 is 5.32 Å². The summed E-state index contributed by atoms with van der Waals surface area (Å²) < 4.78 is 5.61. The minimum Gasteiger partial charge on any atom is -0.411 e. The third-order valence-electron chi connectivity index (χ3n) is 4.05. The first kappa shape index (κ1) is 19.1. The molecule has 0 unspecified atom stereocenters. The van der Waals surface area contributed by atoms with Gasteiger partial charge in [-0.05, 0) is 31.8 Å². The predicted molar refractivity (Wildman–Crippen MR) is 106 cm³/mol. The van der Waals surface area contributed by atoms with E-state index in [0.29, 0.717) is 17.7 Å². The zero-order chi connectivity index (χ0) is 19.1. The second-order valence-electron chi connectivity index (χ2n) is 6.22. The van der Waals surface area contributed by atoms with Crippen LogP contribution in [0, 0.1) is 0 Å². The van der Waals surface area contributed by atoms with Gasteiger partial charge in [0, 0.05) is 12.1 Å². The van der Waals surface area contributed by atoms with E-state index in [1.54, 1.807) is 0 Å². The Balaban J connectivity index is 1.50. The Hall–Kier alpha value is -2.64. The van der Waals surface area contributed by atoms with Crippen LogP contribution in [0.25, 0.3) is 11.5 Å². The molecule has 3 rings (SSSR count). The second kappa shape index (κ2) is 9.34. The summed E-state index contributed by atoms with van der Waals surface area (Å²) >= 11 is 1.23. The quantitative estimate of drug-likeness (QED) is 0.603. The molecule has 6 nitrogen and oxygen atoms in total. The number of aromatic nitrogens is 2. The van der Waals surface area contributed by atoms with E-state index in [2.05, 4.69) is 32.5 Å². The van der Waals surface area contributed by atoms with E-state index in [0.717, 1.165) is 5.56 Å². The number of hydrogen-bond acceptors (Lipinski definition) is 6. The molecular formula is C20H22N4O2S. The first-order chi connectivity index (χ1) is 13.1. The Labute approximate surface area is 163 Å². The SMILES string of the molecule is CN(C)[C@H](CNC(=O)CSc1nnc(-c2ccccc2)o1)c1ccccc1. The smallest absolute Gasteiger partial charge is 0.277 e. The van der Waals surface area contributed by atoms with Crippen molar-refractivity contribution in [2.24, 2.45) is 0 Å². The van der Waals surface area contributed by atoms with Crippen molar-refractivity contribution in [1.82, 2.24) is 20.4 Å². The number of nitrogens with zero attached hydrogens (tertiary/aromatic N) is 3. The molecule has 3 aromatic rings. The highest BCUT2D eigenvalue weighted by atomic mass is 32.2. The van der Waals surface area contributed by atoms with Crippen LogP contribution in [0.1, 0.15) is 11.6 Å². The lowest BCUT2D eigenvalue weighted by Gasteiger charge is -2.25. The molecular weight excluding hydrogens is 360 g/mol. The molecule has 27 heavy (non-hydrogen) atoms. The Morgan fingerprint density at radius 3 is 2.41 bits per heavy atom. The van der Waals surface area contributed by atoms with Crippen molar-refractivity contribution in [3.63, 3.8) is 0 Å². The summed E-state index contributed by atoms with van der Waals surface area (Å²) in [7, 11) is 4.00. The summed E-state index contributed by atoms with van der Waals surface area (Å²) in [6.45, 7) is 0.537. The van der Waals surface area contributed by atoms with Crippen LogP contribution in [0.4, 0.5) is 0 Å². The average Bonchev–Trinajstić information content (AvgIpc) is 3.17. The molecule has 0 aliphatic carbocycles. The van der Waals surface area contributed by atoms with Gasteiger partial charge < -0.3 is 14.6 Å². The third-order valence-corrected chi connectivity index (χ3v) is 4.87.